The molecule has 1 heterocycles. The molecule has 0 unspecified atom stereocenters. The minimum Gasteiger partial charge on any atom is -0.267 e. The summed E-state index contributed by atoms with van der Waals surface area (Å²) in [5.74, 6) is 1.04. The molecular weight excluding hydrogens is 471 g/mol. The molecule has 0 aliphatic carbocycles. The van der Waals surface area contributed by atoms with Crippen LogP contribution in [-0.2, 0) is 5.75 Å². The van der Waals surface area contributed by atoms with Gasteiger partial charge in [0.05, 0.1) is 10.6 Å². The first-order valence-corrected chi connectivity index (χ1v) is 9.84. The number of amides is 1. The first-order chi connectivity index (χ1) is 12.0. The van der Waals surface area contributed by atoms with Gasteiger partial charge in [-0.2, -0.15) is 0 Å². The van der Waals surface area contributed by atoms with Crippen LogP contribution in [0.15, 0.2) is 53.7 Å². The van der Waals surface area contributed by atoms with E-state index >= 15 is 0 Å². The molecule has 0 spiro atoms. The van der Waals surface area contributed by atoms with Gasteiger partial charge in [0.25, 0.3) is 5.91 Å². The third-order valence-electron chi connectivity index (χ3n) is 3.39. The predicted molar refractivity (Wildman–Crippen MR) is 109 cm³/mol. The van der Waals surface area contributed by atoms with Crippen molar-refractivity contribution in [1.82, 2.24) is 14.9 Å². The smallest absolute Gasteiger partial charge is 0.267 e. The highest BCUT2D eigenvalue weighted by atomic mass is 127. The van der Waals surface area contributed by atoms with Crippen molar-refractivity contribution in [3.63, 3.8) is 0 Å². The number of hydrogen-bond donors (Lipinski definition) is 1. The molecule has 0 atom stereocenters. The number of rotatable bonds is 5. The zero-order valence-electron chi connectivity index (χ0n) is 13.2. The van der Waals surface area contributed by atoms with E-state index in [1.807, 2.05) is 36.4 Å². The van der Waals surface area contributed by atoms with Crippen LogP contribution in [0.2, 0.25) is 5.02 Å². The molecular formula is C17H14ClIN4OS. The maximum atomic E-state index is 12.6. The van der Waals surface area contributed by atoms with Gasteiger partial charge in [-0.25, -0.2) is 4.68 Å². The Morgan fingerprint density at radius 2 is 2.00 bits per heavy atom. The van der Waals surface area contributed by atoms with Gasteiger partial charge in [-0.3, -0.25) is 10.2 Å². The lowest BCUT2D eigenvalue weighted by Gasteiger charge is -2.11. The highest BCUT2D eigenvalue weighted by Crippen LogP contribution is 2.22. The molecule has 0 bridgehead atoms. The normalized spacial score (nSPS) is 10.7. The highest BCUT2D eigenvalue weighted by Gasteiger charge is 2.16. The number of aryl methyl sites for hydroxylation is 1. The van der Waals surface area contributed by atoms with Crippen molar-refractivity contribution < 1.29 is 4.79 Å². The Bertz CT molecular complexity index is 901. The number of carbonyl (C=O) groups is 1. The maximum absolute atomic E-state index is 12.6. The molecule has 3 rings (SSSR count). The third kappa shape index (κ3) is 4.53. The van der Waals surface area contributed by atoms with Crippen LogP contribution in [0.3, 0.4) is 0 Å². The van der Waals surface area contributed by atoms with E-state index in [2.05, 4.69) is 38.2 Å². The fraction of sp³-hybridized carbons (Fsp3) is 0.118. The fourth-order valence-corrected chi connectivity index (χ4v) is 3.71. The van der Waals surface area contributed by atoms with E-state index in [0.29, 0.717) is 21.6 Å². The standard InChI is InChI=1S/C17H14ClIN4OS/c1-11-20-21-17(25-10-12-5-3-2-4-6-12)23(11)22-16(24)14-9-13(19)7-8-15(14)18/h2-9H,10H2,1H3,(H,22,24). The molecule has 128 valence electrons. The van der Waals surface area contributed by atoms with Gasteiger partial charge in [0, 0.05) is 9.32 Å². The van der Waals surface area contributed by atoms with Crippen LogP contribution in [0.4, 0.5) is 0 Å². The largest absolute Gasteiger partial charge is 0.271 e. The Kier molecular flexibility index (Phi) is 5.98. The number of nitrogens with one attached hydrogen (secondary N) is 1. The Balaban J connectivity index is 1.77. The van der Waals surface area contributed by atoms with Crippen molar-refractivity contribution in [2.75, 3.05) is 5.43 Å². The second-order valence-electron chi connectivity index (χ2n) is 5.20. The Morgan fingerprint density at radius 3 is 2.76 bits per heavy atom. The zero-order valence-corrected chi connectivity index (χ0v) is 17.0. The van der Waals surface area contributed by atoms with E-state index in [1.54, 1.807) is 23.7 Å². The number of carbonyl (C=O) groups excluding carboxylic acids is 1. The number of hydrogen-bond acceptors (Lipinski definition) is 4. The van der Waals surface area contributed by atoms with Crippen molar-refractivity contribution in [2.24, 2.45) is 0 Å². The van der Waals surface area contributed by atoms with Crippen molar-refractivity contribution in [1.29, 1.82) is 0 Å². The van der Waals surface area contributed by atoms with E-state index < -0.39 is 0 Å². The molecule has 0 saturated heterocycles. The molecule has 1 aromatic heterocycles. The van der Waals surface area contributed by atoms with Crippen molar-refractivity contribution in [3.8, 4) is 0 Å². The molecule has 0 aliphatic heterocycles. The lowest BCUT2D eigenvalue weighted by Crippen LogP contribution is -2.25. The van der Waals surface area contributed by atoms with Gasteiger partial charge in [0.1, 0.15) is 5.82 Å². The first-order valence-electron chi connectivity index (χ1n) is 7.40. The van der Waals surface area contributed by atoms with Crippen LogP contribution in [0.1, 0.15) is 21.7 Å². The second kappa shape index (κ2) is 8.20. The molecule has 8 heteroatoms. The number of halogens is 2. The fourth-order valence-electron chi connectivity index (χ4n) is 2.12. The van der Waals surface area contributed by atoms with E-state index in [0.717, 1.165) is 9.32 Å². The molecule has 1 amide bonds. The molecule has 0 fully saturated rings. The third-order valence-corrected chi connectivity index (χ3v) is 5.39. The summed E-state index contributed by atoms with van der Waals surface area (Å²) in [7, 11) is 0. The van der Waals surface area contributed by atoms with Gasteiger partial charge in [-0.1, -0.05) is 53.7 Å². The van der Waals surface area contributed by atoms with Gasteiger partial charge in [-0.15, -0.1) is 10.2 Å². The van der Waals surface area contributed by atoms with Gasteiger partial charge in [0.15, 0.2) is 0 Å². The topological polar surface area (TPSA) is 59.8 Å². The molecule has 25 heavy (non-hydrogen) atoms. The maximum Gasteiger partial charge on any atom is 0.271 e. The second-order valence-corrected chi connectivity index (χ2v) is 7.80. The molecule has 0 saturated carbocycles. The van der Waals surface area contributed by atoms with Crippen molar-refractivity contribution in [3.05, 3.63) is 74.1 Å². The Labute approximate surface area is 168 Å². The van der Waals surface area contributed by atoms with Gasteiger partial charge in [-0.05, 0) is 53.3 Å². The SMILES string of the molecule is Cc1nnc(SCc2ccccc2)n1NC(=O)c1cc(I)ccc1Cl. The van der Waals surface area contributed by atoms with Crippen molar-refractivity contribution in [2.45, 2.75) is 17.8 Å². The predicted octanol–water partition coefficient (Wildman–Crippen LogP) is 4.52. The van der Waals surface area contributed by atoms with Crippen LogP contribution in [0.5, 0.6) is 0 Å². The summed E-state index contributed by atoms with van der Waals surface area (Å²) in [5.41, 5.74) is 4.41. The molecule has 1 N–H and O–H groups in total. The quantitative estimate of drug-likeness (QED) is 0.427. The van der Waals surface area contributed by atoms with Crippen LogP contribution in [-0.4, -0.2) is 20.8 Å². The van der Waals surface area contributed by atoms with E-state index in [9.17, 15) is 4.79 Å². The lowest BCUT2D eigenvalue weighted by atomic mass is 10.2. The Hall–Kier alpha value is -1.58. The van der Waals surface area contributed by atoms with E-state index in [-0.39, 0.29) is 5.91 Å². The summed E-state index contributed by atoms with van der Waals surface area (Å²) < 4.78 is 2.53. The Morgan fingerprint density at radius 1 is 1.24 bits per heavy atom. The van der Waals surface area contributed by atoms with Gasteiger partial charge >= 0.3 is 0 Å². The minimum atomic E-state index is -0.298. The monoisotopic (exact) mass is 484 g/mol. The van der Waals surface area contributed by atoms with Gasteiger partial charge in [0.2, 0.25) is 5.16 Å². The summed E-state index contributed by atoms with van der Waals surface area (Å²) >= 11 is 9.79. The van der Waals surface area contributed by atoms with E-state index in [4.69, 9.17) is 11.6 Å². The van der Waals surface area contributed by atoms with Crippen LogP contribution < -0.4 is 5.43 Å². The average Bonchev–Trinajstić information content (AvgIpc) is 2.96. The molecule has 0 aliphatic rings. The number of aromatic nitrogens is 3. The molecule has 3 aromatic rings. The summed E-state index contributed by atoms with van der Waals surface area (Å²) in [6, 6.07) is 15.4. The van der Waals surface area contributed by atoms with Crippen LogP contribution in [0.25, 0.3) is 0 Å². The zero-order chi connectivity index (χ0) is 17.8. The van der Waals surface area contributed by atoms with Gasteiger partial charge < -0.3 is 0 Å². The molecule has 0 radical (unpaired) electrons. The molecule has 5 nitrogen and oxygen atoms in total. The van der Waals surface area contributed by atoms with Crippen LogP contribution in [0, 0.1) is 10.5 Å². The first kappa shape index (κ1) is 18.2. The van der Waals surface area contributed by atoms with Crippen molar-refractivity contribution >= 4 is 51.9 Å². The lowest BCUT2D eigenvalue weighted by molar-refractivity contribution is 0.101. The molecule has 2 aromatic carbocycles. The highest BCUT2D eigenvalue weighted by molar-refractivity contribution is 14.1. The number of benzene rings is 2. The summed E-state index contributed by atoms with van der Waals surface area (Å²) in [6.45, 7) is 1.79. The van der Waals surface area contributed by atoms with Crippen LogP contribution >= 0.6 is 46.0 Å². The summed E-state index contributed by atoms with van der Waals surface area (Å²) in [5, 5.41) is 9.23. The average molecular weight is 485 g/mol. The number of thioether (sulfide) groups is 1. The minimum absolute atomic E-state index is 0.298. The number of nitrogens with zero attached hydrogens (tertiary/aromatic N) is 3. The summed E-state index contributed by atoms with van der Waals surface area (Å²) in [4.78, 5) is 12.6. The van der Waals surface area contributed by atoms with E-state index in [1.165, 1.54) is 17.3 Å². The summed E-state index contributed by atoms with van der Waals surface area (Å²) in [6.07, 6.45) is 0.